The maximum absolute atomic E-state index is 8.49. The highest BCUT2D eigenvalue weighted by Crippen LogP contribution is 1.49. The minimum absolute atomic E-state index is 0. The Hall–Kier alpha value is 0.0500. The van der Waals surface area contributed by atoms with Gasteiger partial charge >= 0.3 is 0 Å². The van der Waals surface area contributed by atoms with E-state index in [-0.39, 0.29) is 11.0 Å². The van der Waals surface area contributed by atoms with Crippen LogP contribution in [0.1, 0.15) is 0 Å². The molecule has 0 aromatic carbocycles. The van der Waals surface area contributed by atoms with Gasteiger partial charge in [-0.3, -0.25) is 0 Å². The van der Waals surface area contributed by atoms with Crippen molar-refractivity contribution in [1.82, 2.24) is 0 Å². The molecule has 0 atom stereocenters. The van der Waals surface area contributed by atoms with Crippen molar-refractivity contribution in [2.75, 3.05) is 0 Å². The molecule has 0 saturated carbocycles. The fourth-order valence-corrected chi connectivity index (χ4v) is 0. The molecule has 7 heteroatoms. The minimum atomic E-state index is -4.94. The van der Waals surface area contributed by atoms with Crippen LogP contribution in [0.15, 0.2) is 0 Å². The van der Waals surface area contributed by atoms with E-state index < -0.39 is 10.2 Å². The van der Waals surface area contributed by atoms with E-state index in [0.717, 1.165) is 0 Å². The van der Waals surface area contributed by atoms with Crippen molar-refractivity contribution in [3.63, 3.8) is 0 Å². The summed E-state index contributed by atoms with van der Waals surface area (Å²) in [6, 6.07) is 0. The van der Waals surface area contributed by atoms with Crippen molar-refractivity contribution < 1.29 is 39.8 Å². The van der Waals surface area contributed by atoms with Crippen LogP contribution in [0.25, 0.3) is 0 Å². The Morgan fingerprint density at radius 3 is 0.714 bits per heavy atom. The summed E-state index contributed by atoms with van der Waals surface area (Å²) in [5.74, 6) is 0. The lowest BCUT2D eigenvalue weighted by atomic mass is 15.8. The van der Waals surface area contributed by atoms with Crippen molar-refractivity contribution in [3.05, 3.63) is 0 Å². The van der Waals surface area contributed by atoms with Crippen LogP contribution >= 0.6 is 0 Å². The second-order valence-corrected chi connectivity index (χ2v) is 1.13. The van der Waals surface area contributed by atoms with Crippen LogP contribution in [0.3, 0.4) is 0 Å². The molecule has 0 aromatic rings. The Bertz CT molecular complexity index is 19.7. The van der Waals surface area contributed by atoms with E-state index in [1.807, 2.05) is 0 Å². The molecule has 7 heavy (non-hydrogen) atoms. The van der Waals surface area contributed by atoms with E-state index >= 15 is 0 Å². The fourth-order valence-electron chi connectivity index (χ4n) is 0. The van der Waals surface area contributed by atoms with Gasteiger partial charge in [0.25, 0.3) is 0 Å². The number of rotatable bonds is 0. The van der Waals surface area contributed by atoms with Gasteiger partial charge in [-0.15, -0.1) is 10.2 Å². The Balaban J connectivity index is -0.0000000800. The first-order valence-corrected chi connectivity index (χ1v) is 1.85. The third kappa shape index (κ3) is 39700. The first-order valence-electron chi connectivity index (χ1n) is 0.617. The highest BCUT2D eigenvalue weighted by atomic mass is 35.7. The number of halogens is 1. The zero-order valence-corrected chi connectivity index (χ0v) is 3.77. The average molecular weight is 135 g/mol. The molecule has 48 valence electrons. The molecule has 0 aliphatic rings. The topological polar surface area (TPSA) is 155 Å². The first kappa shape index (κ1) is 15.7. The van der Waals surface area contributed by atoms with Crippen LogP contribution in [-0.2, 0) is 0 Å². The summed E-state index contributed by atoms with van der Waals surface area (Å²) in [7, 11) is -4.94. The van der Waals surface area contributed by atoms with Crippen molar-refractivity contribution in [3.8, 4) is 0 Å². The first-order chi connectivity index (χ1) is 2.00. The second-order valence-electron chi connectivity index (χ2n) is 0.378. The van der Waals surface area contributed by atoms with Gasteiger partial charge in [0.2, 0.25) is 0 Å². The second kappa shape index (κ2) is 4.22. The molecule has 0 spiro atoms. The van der Waals surface area contributed by atoms with Gasteiger partial charge in [0.1, 0.15) is 0 Å². The van der Waals surface area contributed by atoms with Gasteiger partial charge in [-0.25, -0.2) is 18.6 Å². The van der Waals surface area contributed by atoms with Crippen LogP contribution < -0.4 is 18.6 Å². The SMILES string of the molecule is O.O.[O-][Cl+3]([O-])([O-])[O-]. The molecule has 0 bridgehead atoms. The van der Waals surface area contributed by atoms with Crippen molar-refractivity contribution in [2.45, 2.75) is 0 Å². The van der Waals surface area contributed by atoms with Gasteiger partial charge in [0, 0.05) is 0 Å². The summed E-state index contributed by atoms with van der Waals surface area (Å²) < 4.78 is 34.0. The molecule has 0 amide bonds. The van der Waals surface area contributed by atoms with Gasteiger partial charge in [-0.05, 0) is 0 Å². The third-order valence-corrected chi connectivity index (χ3v) is 0. The van der Waals surface area contributed by atoms with E-state index in [1.54, 1.807) is 0 Å². The Morgan fingerprint density at radius 2 is 0.714 bits per heavy atom. The van der Waals surface area contributed by atoms with Gasteiger partial charge in [-0.1, -0.05) is 0 Å². The van der Waals surface area contributed by atoms with Gasteiger partial charge in [0.15, 0.2) is 0 Å². The fraction of sp³-hybridized carbons (Fsp3) is 0. The normalized spacial score (nSPS) is 8.57. The average Bonchev–Trinajstić information content (AvgIpc) is 0.722. The van der Waals surface area contributed by atoms with Crippen LogP contribution in [0.4, 0.5) is 0 Å². The molecule has 0 aliphatic carbocycles. The molecule has 0 saturated heterocycles. The van der Waals surface area contributed by atoms with Gasteiger partial charge < -0.3 is 11.0 Å². The lowest BCUT2D eigenvalue weighted by molar-refractivity contribution is -2.00. The summed E-state index contributed by atoms with van der Waals surface area (Å²) in [6.45, 7) is 0. The van der Waals surface area contributed by atoms with Crippen LogP contribution in [0.5, 0.6) is 0 Å². The molecule has 0 fully saturated rings. The van der Waals surface area contributed by atoms with Crippen LogP contribution in [0.2, 0.25) is 0 Å². The van der Waals surface area contributed by atoms with E-state index in [9.17, 15) is 0 Å². The monoisotopic (exact) mass is 135 g/mol. The quantitative estimate of drug-likeness (QED) is 0.324. The van der Waals surface area contributed by atoms with Crippen LogP contribution in [-0.4, -0.2) is 11.0 Å². The zero-order chi connectivity index (χ0) is 4.50. The predicted octanol–water partition coefficient (Wildman–Crippen LogP) is -6.41. The molecule has 0 rings (SSSR count). The molecule has 0 aliphatic heterocycles. The summed E-state index contributed by atoms with van der Waals surface area (Å²) in [5.41, 5.74) is 0. The third-order valence-electron chi connectivity index (χ3n) is 0. The van der Waals surface area contributed by atoms with Gasteiger partial charge in [0.05, 0.1) is 0 Å². The summed E-state index contributed by atoms with van der Waals surface area (Å²) in [6.07, 6.45) is 0. The summed E-state index contributed by atoms with van der Waals surface area (Å²) in [5, 5.41) is 0. The Labute approximate surface area is 41.0 Å². The van der Waals surface area contributed by atoms with Crippen molar-refractivity contribution >= 4 is 0 Å². The predicted molar refractivity (Wildman–Crippen MR) is 7.23 cm³/mol. The smallest absolute Gasteiger partial charge is 0.112 e. The molecular formula is H4ClO6-. The molecule has 0 aromatic heterocycles. The standard InChI is InChI=1S/ClHO4.2H2O/c2-1(3,4)5;;/h(H,2,3,4,5);2*1H2/p-1. The maximum atomic E-state index is 8.49. The molecule has 4 N–H and O–H groups in total. The lowest BCUT2D eigenvalue weighted by Gasteiger charge is -2.17. The van der Waals surface area contributed by atoms with E-state index in [4.69, 9.17) is 18.6 Å². The largest absolute Gasteiger partial charge is 0.412 e. The van der Waals surface area contributed by atoms with Crippen molar-refractivity contribution in [2.24, 2.45) is 0 Å². The number of hydrogen-bond acceptors (Lipinski definition) is 4. The van der Waals surface area contributed by atoms with E-state index in [1.165, 1.54) is 0 Å². The highest BCUT2D eigenvalue weighted by Gasteiger charge is 1.84. The molecule has 0 radical (unpaired) electrons. The van der Waals surface area contributed by atoms with E-state index in [2.05, 4.69) is 0 Å². The van der Waals surface area contributed by atoms with Gasteiger partial charge in [-0.2, -0.15) is 0 Å². The Morgan fingerprint density at radius 1 is 0.714 bits per heavy atom. The zero-order valence-electron chi connectivity index (χ0n) is 3.01. The minimum Gasteiger partial charge on any atom is -0.412 e. The van der Waals surface area contributed by atoms with Crippen LogP contribution in [0, 0.1) is 10.2 Å². The molecule has 6 nitrogen and oxygen atoms in total. The highest BCUT2D eigenvalue weighted by molar-refractivity contribution is 2.00. The molecule has 0 unspecified atom stereocenters. The maximum Gasteiger partial charge on any atom is -0.112 e. The summed E-state index contributed by atoms with van der Waals surface area (Å²) >= 11 is 0. The Kier molecular flexibility index (Phi) is 9.47. The summed E-state index contributed by atoms with van der Waals surface area (Å²) in [4.78, 5) is 0. The molecular weight excluding hydrogens is 131 g/mol. The number of hydrogen-bond donors (Lipinski definition) is 0. The van der Waals surface area contributed by atoms with Crippen molar-refractivity contribution in [1.29, 1.82) is 0 Å². The molecule has 0 heterocycles. The van der Waals surface area contributed by atoms with E-state index in [0.29, 0.717) is 0 Å². The lowest BCUT2D eigenvalue weighted by Crippen LogP contribution is -2.68.